The molecule has 0 aliphatic heterocycles. The van der Waals surface area contributed by atoms with Gasteiger partial charge in [-0.05, 0) is 37.5 Å². The van der Waals surface area contributed by atoms with Crippen molar-refractivity contribution in [2.75, 3.05) is 5.32 Å². The lowest BCUT2D eigenvalue weighted by molar-refractivity contribution is 0.877. The van der Waals surface area contributed by atoms with E-state index in [2.05, 4.69) is 21.6 Å². The van der Waals surface area contributed by atoms with Gasteiger partial charge in [-0.25, -0.2) is 0 Å². The van der Waals surface area contributed by atoms with Gasteiger partial charge in [-0.1, -0.05) is 31.5 Å². The van der Waals surface area contributed by atoms with Crippen molar-refractivity contribution in [1.29, 1.82) is 5.26 Å². The van der Waals surface area contributed by atoms with Gasteiger partial charge in [0.25, 0.3) is 0 Å². The highest BCUT2D eigenvalue weighted by molar-refractivity contribution is 5.64. The van der Waals surface area contributed by atoms with E-state index in [0.29, 0.717) is 11.4 Å². The number of benzene rings is 1. The van der Waals surface area contributed by atoms with Crippen molar-refractivity contribution in [2.45, 2.75) is 33.6 Å². The Bertz CT molecular complexity index is 639. The molecule has 1 N–H and O–H groups in total. The molecule has 0 aliphatic carbocycles. The summed E-state index contributed by atoms with van der Waals surface area (Å²) in [6.45, 7) is 6.10. The molecule has 20 heavy (non-hydrogen) atoms. The molecule has 4 nitrogen and oxygen atoms in total. The molecule has 2 aromatic rings. The van der Waals surface area contributed by atoms with Crippen LogP contribution in [0.2, 0.25) is 0 Å². The van der Waals surface area contributed by atoms with Crippen LogP contribution in [-0.2, 0) is 12.8 Å². The average Bonchev–Trinajstić information content (AvgIpc) is 2.48. The highest BCUT2D eigenvalue weighted by Gasteiger charge is 2.14. The molecular formula is C16H18N4. The minimum atomic E-state index is 0.533. The van der Waals surface area contributed by atoms with Crippen molar-refractivity contribution >= 4 is 11.5 Å². The molecule has 1 aromatic carbocycles. The van der Waals surface area contributed by atoms with Gasteiger partial charge in [0.05, 0.1) is 5.69 Å². The van der Waals surface area contributed by atoms with Crippen LogP contribution >= 0.6 is 0 Å². The highest BCUT2D eigenvalue weighted by Crippen LogP contribution is 2.23. The summed E-state index contributed by atoms with van der Waals surface area (Å²) in [6.07, 6.45) is 1.57. The van der Waals surface area contributed by atoms with Gasteiger partial charge in [0.1, 0.15) is 11.6 Å². The lowest BCUT2D eigenvalue weighted by Crippen LogP contribution is -2.07. The Balaban J connectivity index is 2.42. The zero-order chi connectivity index (χ0) is 14.5. The maximum atomic E-state index is 9.41. The second kappa shape index (κ2) is 6.16. The molecule has 0 saturated carbocycles. The molecule has 102 valence electrons. The Morgan fingerprint density at radius 1 is 1.10 bits per heavy atom. The van der Waals surface area contributed by atoms with Gasteiger partial charge >= 0.3 is 0 Å². The van der Waals surface area contributed by atoms with Crippen LogP contribution in [0.5, 0.6) is 0 Å². The fraction of sp³-hybridized carbons (Fsp3) is 0.312. The number of anilines is 2. The molecule has 0 atom stereocenters. The molecule has 0 amide bonds. The smallest absolute Gasteiger partial charge is 0.171 e. The number of nitrogens with zero attached hydrogens (tertiary/aromatic N) is 3. The third-order valence-electron chi connectivity index (χ3n) is 3.27. The molecule has 0 aliphatic rings. The van der Waals surface area contributed by atoms with Crippen molar-refractivity contribution in [2.24, 2.45) is 0 Å². The second-order valence-electron chi connectivity index (χ2n) is 4.66. The normalized spacial score (nSPS) is 10.1. The number of hydrogen-bond donors (Lipinski definition) is 1. The van der Waals surface area contributed by atoms with Gasteiger partial charge in [0.15, 0.2) is 5.82 Å². The van der Waals surface area contributed by atoms with Crippen LogP contribution < -0.4 is 5.32 Å². The summed E-state index contributed by atoms with van der Waals surface area (Å²) >= 11 is 0. The van der Waals surface area contributed by atoms with E-state index in [9.17, 15) is 5.26 Å². The molecular weight excluding hydrogens is 248 g/mol. The molecule has 4 heteroatoms. The molecule has 1 heterocycles. The summed E-state index contributed by atoms with van der Waals surface area (Å²) in [5.41, 5.74) is 4.59. The fourth-order valence-corrected chi connectivity index (χ4v) is 2.15. The van der Waals surface area contributed by atoms with Gasteiger partial charge in [-0.15, -0.1) is 5.10 Å². The first-order chi connectivity index (χ1) is 9.69. The predicted octanol–water partition coefficient (Wildman–Crippen LogP) is 3.53. The molecule has 0 radical (unpaired) electrons. The Morgan fingerprint density at radius 3 is 2.35 bits per heavy atom. The minimum absolute atomic E-state index is 0.533. The second-order valence-corrected chi connectivity index (χ2v) is 4.66. The Hall–Kier alpha value is -2.41. The first-order valence-corrected chi connectivity index (χ1v) is 6.81. The lowest BCUT2D eigenvalue weighted by Gasteiger charge is -2.12. The zero-order valence-electron chi connectivity index (χ0n) is 12.1. The van der Waals surface area contributed by atoms with Crippen molar-refractivity contribution < 1.29 is 0 Å². The largest absolute Gasteiger partial charge is 0.338 e. The summed E-state index contributed by atoms with van der Waals surface area (Å²) in [7, 11) is 0. The van der Waals surface area contributed by atoms with E-state index in [1.54, 1.807) is 0 Å². The Labute approximate surface area is 119 Å². The van der Waals surface area contributed by atoms with E-state index in [4.69, 9.17) is 0 Å². The maximum Gasteiger partial charge on any atom is 0.171 e. The molecule has 0 saturated heterocycles. The monoisotopic (exact) mass is 266 g/mol. The van der Waals surface area contributed by atoms with Crippen LogP contribution in [-0.4, -0.2) is 10.2 Å². The summed E-state index contributed by atoms with van der Waals surface area (Å²) in [6, 6.07) is 10.2. The number of aromatic nitrogens is 2. The molecule has 0 bridgehead atoms. The van der Waals surface area contributed by atoms with Crippen LogP contribution in [0.1, 0.15) is 36.2 Å². The maximum absolute atomic E-state index is 9.41. The van der Waals surface area contributed by atoms with Crippen molar-refractivity contribution in [3.8, 4) is 6.07 Å². The molecule has 2 rings (SSSR count). The van der Waals surface area contributed by atoms with Gasteiger partial charge in [0.2, 0.25) is 0 Å². The molecule has 0 unspecified atom stereocenters. The van der Waals surface area contributed by atoms with E-state index in [0.717, 1.165) is 29.8 Å². The SMILES string of the molecule is CCc1nnc(Nc2ccc(C)cc2)c(C#N)c1CC. The third-order valence-corrected chi connectivity index (χ3v) is 3.27. The molecule has 0 fully saturated rings. The van der Waals surface area contributed by atoms with Gasteiger partial charge in [-0.3, -0.25) is 0 Å². The topological polar surface area (TPSA) is 61.6 Å². The quantitative estimate of drug-likeness (QED) is 0.919. The first-order valence-electron chi connectivity index (χ1n) is 6.81. The molecule has 1 aromatic heterocycles. The van der Waals surface area contributed by atoms with E-state index < -0.39 is 0 Å². The summed E-state index contributed by atoms with van der Waals surface area (Å²) in [4.78, 5) is 0. The van der Waals surface area contributed by atoms with Crippen LogP contribution in [0.3, 0.4) is 0 Å². The first kappa shape index (κ1) is 14.0. The highest BCUT2D eigenvalue weighted by atomic mass is 15.2. The van der Waals surface area contributed by atoms with Crippen LogP contribution in [0.4, 0.5) is 11.5 Å². The standard InChI is InChI=1S/C16H18N4/c1-4-13-14(10-17)16(20-19-15(13)5-2)18-12-8-6-11(3)7-9-12/h6-9H,4-5H2,1-3H3,(H,18,20). The summed E-state index contributed by atoms with van der Waals surface area (Å²) in [5.74, 6) is 0.533. The zero-order valence-corrected chi connectivity index (χ0v) is 12.1. The minimum Gasteiger partial charge on any atom is -0.338 e. The Kier molecular flexibility index (Phi) is 4.31. The van der Waals surface area contributed by atoms with Gasteiger partial charge in [-0.2, -0.15) is 10.4 Å². The Morgan fingerprint density at radius 2 is 1.80 bits per heavy atom. The number of rotatable bonds is 4. The van der Waals surface area contributed by atoms with Gasteiger partial charge < -0.3 is 5.32 Å². The van der Waals surface area contributed by atoms with Crippen LogP contribution in [0, 0.1) is 18.3 Å². The lowest BCUT2D eigenvalue weighted by atomic mass is 10.0. The third kappa shape index (κ3) is 2.77. The van der Waals surface area contributed by atoms with Crippen LogP contribution in [0.15, 0.2) is 24.3 Å². The molecule has 0 spiro atoms. The summed E-state index contributed by atoms with van der Waals surface area (Å²) in [5, 5.41) is 21.0. The number of hydrogen-bond acceptors (Lipinski definition) is 4. The van der Waals surface area contributed by atoms with E-state index in [1.165, 1.54) is 5.56 Å². The van der Waals surface area contributed by atoms with E-state index >= 15 is 0 Å². The number of nitriles is 1. The number of aryl methyl sites for hydroxylation is 2. The van der Waals surface area contributed by atoms with Crippen molar-refractivity contribution in [3.63, 3.8) is 0 Å². The summed E-state index contributed by atoms with van der Waals surface area (Å²) < 4.78 is 0. The fourth-order valence-electron chi connectivity index (χ4n) is 2.15. The van der Waals surface area contributed by atoms with E-state index in [1.807, 2.05) is 45.0 Å². The van der Waals surface area contributed by atoms with Gasteiger partial charge in [0, 0.05) is 5.69 Å². The number of nitrogens with one attached hydrogen (secondary N) is 1. The predicted molar refractivity (Wildman–Crippen MR) is 80.0 cm³/mol. The van der Waals surface area contributed by atoms with E-state index in [-0.39, 0.29) is 0 Å². The van der Waals surface area contributed by atoms with Crippen molar-refractivity contribution in [3.05, 3.63) is 46.6 Å². The average molecular weight is 266 g/mol. The van der Waals surface area contributed by atoms with Crippen molar-refractivity contribution in [1.82, 2.24) is 10.2 Å². The van der Waals surface area contributed by atoms with Crippen LogP contribution in [0.25, 0.3) is 0 Å².